The molecule has 1 aromatic heterocycles. The summed E-state index contributed by atoms with van der Waals surface area (Å²) in [6, 6.07) is 14.1. The van der Waals surface area contributed by atoms with Crippen molar-refractivity contribution in [3.63, 3.8) is 0 Å². The number of urea groups is 1. The number of piperazine rings is 1. The average molecular weight is 472 g/mol. The second-order valence-corrected chi connectivity index (χ2v) is 8.09. The van der Waals surface area contributed by atoms with E-state index in [1.165, 1.54) is 24.3 Å². The van der Waals surface area contributed by atoms with Gasteiger partial charge < -0.3 is 24.3 Å². The van der Waals surface area contributed by atoms with Crippen LogP contribution in [0.4, 0.5) is 14.9 Å². The molecule has 2 aromatic carbocycles. The Morgan fingerprint density at radius 1 is 1.03 bits per heavy atom. The first-order valence-corrected chi connectivity index (χ1v) is 10.9. The molecule has 1 aliphatic heterocycles. The van der Waals surface area contributed by atoms with E-state index in [9.17, 15) is 14.0 Å². The summed E-state index contributed by atoms with van der Waals surface area (Å²) in [5, 5.41) is 3.42. The van der Waals surface area contributed by atoms with Crippen molar-refractivity contribution in [1.82, 2.24) is 9.80 Å². The third-order valence-electron chi connectivity index (χ3n) is 5.34. The predicted molar refractivity (Wildman–Crippen MR) is 122 cm³/mol. The van der Waals surface area contributed by atoms with Crippen molar-refractivity contribution in [2.45, 2.75) is 13.5 Å². The summed E-state index contributed by atoms with van der Waals surface area (Å²) in [6.45, 7) is 3.60. The molecule has 172 valence electrons. The van der Waals surface area contributed by atoms with Crippen molar-refractivity contribution in [2.75, 3.05) is 31.5 Å². The maximum atomic E-state index is 13.0. The standard InChI is InChI=1S/C24H23ClFN3O4/c1-16-2-5-18(14-21(16)25)27-24(31)29-12-10-28(11-13-29)23(30)22-9-8-20(33-22)15-32-19-6-3-17(26)4-7-19/h2-9,14H,10-13,15H2,1H3,(H,27,31). The number of amides is 3. The highest BCUT2D eigenvalue weighted by Crippen LogP contribution is 2.21. The number of nitrogens with one attached hydrogen (secondary N) is 1. The van der Waals surface area contributed by atoms with E-state index in [4.69, 9.17) is 20.8 Å². The Bertz CT molecular complexity index is 1140. The van der Waals surface area contributed by atoms with Crippen LogP contribution in [0.15, 0.2) is 59.0 Å². The van der Waals surface area contributed by atoms with Gasteiger partial charge in [0.2, 0.25) is 0 Å². The average Bonchev–Trinajstić information content (AvgIpc) is 3.30. The summed E-state index contributed by atoms with van der Waals surface area (Å²) in [5.74, 6) is 0.610. The molecule has 4 rings (SSSR count). The molecule has 0 aliphatic carbocycles. The molecule has 0 bridgehead atoms. The van der Waals surface area contributed by atoms with Gasteiger partial charge in [-0.1, -0.05) is 17.7 Å². The number of hydrogen-bond donors (Lipinski definition) is 1. The maximum absolute atomic E-state index is 13.0. The third kappa shape index (κ3) is 5.64. The number of carbonyl (C=O) groups is 2. The van der Waals surface area contributed by atoms with Gasteiger partial charge in [-0.05, 0) is 61.0 Å². The van der Waals surface area contributed by atoms with Gasteiger partial charge in [0.25, 0.3) is 5.91 Å². The number of anilines is 1. The van der Waals surface area contributed by atoms with Crippen LogP contribution >= 0.6 is 11.6 Å². The van der Waals surface area contributed by atoms with Crippen LogP contribution < -0.4 is 10.1 Å². The van der Waals surface area contributed by atoms with E-state index in [2.05, 4.69) is 5.32 Å². The lowest BCUT2D eigenvalue weighted by atomic mass is 10.2. The molecular weight excluding hydrogens is 449 g/mol. The fraction of sp³-hybridized carbons (Fsp3) is 0.250. The zero-order chi connectivity index (χ0) is 23.4. The Kier molecular flexibility index (Phi) is 6.84. The van der Waals surface area contributed by atoms with Gasteiger partial charge in [0, 0.05) is 36.9 Å². The quantitative estimate of drug-likeness (QED) is 0.571. The van der Waals surface area contributed by atoms with Crippen LogP contribution in [0.3, 0.4) is 0 Å². The normalized spacial score (nSPS) is 13.7. The van der Waals surface area contributed by atoms with Crippen molar-refractivity contribution in [1.29, 1.82) is 0 Å². The van der Waals surface area contributed by atoms with Crippen LogP contribution in [0, 0.1) is 12.7 Å². The lowest BCUT2D eigenvalue weighted by molar-refractivity contribution is 0.0636. The highest BCUT2D eigenvalue weighted by atomic mass is 35.5. The predicted octanol–water partition coefficient (Wildman–Crippen LogP) is 4.95. The first-order chi connectivity index (χ1) is 15.9. The second-order valence-electron chi connectivity index (χ2n) is 7.68. The van der Waals surface area contributed by atoms with Gasteiger partial charge in [-0.2, -0.15) is 0 Å². The molecule has 0 spiro atoms. The van der Waals surface area contributed by atoms with Gasteiger partial charge in [0.05, 0.1) is 0 Å². The highest BCUT2D eigenvalue weighted by Gasteiger charge is 2.26. The van der Waals surface area contributed by atoms with Gasteiger partial charge in [0.1, 0.15) is 23.9 Å². The van der Waals surface area contributed by atoms with Gasteiger partial charge in [0.15, 0.2) is 5.76 Å². The fourth-order valence-electron chi connectivity index (χ4n) is 3.40. The molecule has 3 aromatic rings. The summed E-state index contributed by atoms with van der Waals surface area (Å²) in [6.07, 6.45) is 0. The van der Waals surface area contributed by atoms with Crippen molar-refractivity contribution >= 4 is 29.2 Å². The number of nitrogens with zero attached hydrogens (tertiary/aromatic N) is 2. The number of carbonyl (C=O) groups excluding carboxylic acids is 2. The van der Waals surface area contributed by atoms with E-state index >= 15 is 0 Å². The first-order valence-electron chi connectivity index (χ1n) is 10.5. The van der Waals surface area contributed by atoms with E-state index in [0.717, 1.165) is 5.56 Å². The van der Waals surface area contributed by atoms with Crippen molar-refractivity contribution in [3.05, 3.63) is 82.5 Å². The summed E-state index contributed by atoms with van der Waals surface area (Å²) >= 11 is 6.11. The molecule has 9 heteroatoms. The summed E-state index contributed by atoms with van der Waals surface area (Å²) < 4.78 is 24.1. The zero-order valence-corrected chi connectivity index (χ0v) is 18.8. The zero-order valence-electron chi connectivity index (χ0n) is 18.0. The first kappa shape index (κ1) is 22.7. The highest BCUT2D eigenvalue weighted by molar-refractivity contribution is 6.31. The molecule has 3 amide bonds. The second kappa shape index (κ2) is 9.95. The molecule has 2 heterocycles. The Morgan fingerprint density at radius 2 is 1.73 bits per heavy atom. The Balaban J connectivity index is 1.27. The van der Waals surface area contributed by atoms with E-state index < -0.39 is 0 Å². The molecular formula is C24H23ClFN3O4. The number of furan rings is 1. The summed E-state index contributed by atoms with van der Waals surface area (Å²) in [5.41, 5.74) is 1.56. The van der Waals surface area contributed by atoms with Gasteiger partial charge >= 0.3 is 6.03 Å². The lowest BCUT2D eigenvalue weighted by Crippen LogP contribution is -2.51. The van der Waals surface area contributed by atoms with Gasteiger partial charge in [-0.3, -0.25) is 4.79 Å². The van der Waals surface area contributed by atoms with Crippen LogP contribution in [-0.2, 0) is 6.61 Å². The SMILES string of the molecule is Cc1ccc(NC(=O)N2CCN(C(=O)c3ccc(COc4ccc(F)cc4)o3)CC2)cc1Cl. The topological polar surface area (TPSA) is 75.0 Å². The molecule has 1 N–H and O–H groups in total. The van der Waals surface area contributed by atoms with Gasteiger partial charge in [-0.15, -0.1) is 0 Å². The maximum Gasteiger partial charge on any atom is 0.321 e. The smallest absolute Gasteiger partial charge is 0.321 e. The third-order valence-corrected chi connectivity index (χ3v) is 5.75. The molecule has 1 fully saturated rings. The fourth-order valence-corrected chi connectivity index (χ4v) is 3.58. The number of halogens is 2. The number of hydrogen-bond acceptors (Lipinski definition) is 4. The summed E-state index contributed by atoms with van der Waals surface area (Å²) in [7, 11) is 0. The lowest BCUT2D eigenvalue weighted by Gasteiger charge is -2.34. The molecule has 1 aliphatic rings. The van der Waals surface area contributed by atoms with Crippen LogP contribution in [-0.4, -0.2) is 47.9 Å². The van der Waals surface area contributed by atoms with Crippen LogP contribution in [0.1, 0.15) is 21.9 Å². The number of benzene rings is 2. The Morgan fingerprint density at radius 3 is 2.42 bits per heavy atom. The number of rotatable bonds is 5. The van der Waals surface area contributed by atoms with Crippen LogP contribution in [0.5, 0.6) is 5.75 Å². The van der Waals surface area contributed by atoms with Crippen molar-refractivity contribution < 1.29 is 23.1 Å². The Hall–Kier alpha value is -3.52. The molecule has 0 unspecified atom stereocenters. The van der Waals surface area contributed by atoms with Crippen molar-refractivity contribution in [3.8, 4) is 5.75 Å². The van der Waals surface area contributed by atoms with E-state index in [1.54, 1.807) is 34.1 Å². The molecule has 0 atom stereocenters. The molecule has 33 heavy (non-hydrogen) atoms. The van der Waals surface area contributed by atoms with Crippen LogP contribution in [0.2, 0.25) is 5.02 Å². The minimum atomic E-state index is -0.342. The van der Waals surface area contributed by atoms with Crippen LogP contribution in [0.25, 0.3) is 0 Å². The van der Waals surface area contributed by atoms with Crippen molar-refractivity contribution in [2.24, 2.45) is 0 Å². The van der Waals surface area contributed by atoms with E-state index in [0.29, 0.717) is 48.4 Å². The monoisotopic (exact) mass is 471 g/mol. The molecule has 1 saturated heterocycles. The largest absolute Gasteiger partial charge is 0.486 e. The Labute approximate surface area is 195 Å². The minimum absolute atomic E-state index is 0.121. The minimum Gasteiger partial charge on any atom is -0.486 e. The van der Waals surface area contributed by atoms with E-state index in [1.807, 2.05) is 13.0 Å². The number of ether oxygens (including phenoxy) is 1. The van der Waals surface area contributed by atoms with E-state index in [-0.39, 0.29) is 30.1 Å². The molecule has 0 radical (unpaired) electrons. The molecule has 7 nitrogen and oxygen atoms in total. The number of aryl methyl sites for hydroxylation is 1. The van der Waals surface area contributed by atoms with Gasteiger partial charge in [-0.25, -0.2) is 9.18 Å². The summed E-state index contributed by atoms with van der Waals surface area (Å²) in [4.78, 5) is 28.6. The molecule has 0 saturated carbocycles.